The second-order valence-electron chi connectivity index (χ2n) is 5.90. The fourth-order valence-corrected chi connectivity index (χ4v) is 1.26. The first-order chi connectivity index (χ1) is 8.24. The highest BCUT2D eigenvalue weighted by molar-refractivity contribution is 4.98. The van der Waals surface area contributed by atoms with Crippen molar-refractivity contribution in [3.05, 3.63) is 11.8 Å². The highest BCUT2D eigenvalue weighted by Crippen LogP contribution is 2.24. The predicted octanol–water partition coefficient (Wildman–Crippen LogP) is 3.93. The highest BCUT2D eigenvalue weighted by Gasteiger charge is 2.37. The van der Waals surface area contributed by atoms with Crippen LogP contribution in [0.2, 0.25) is 0 Å². The minimum atomic E-state index is -0.888. The number of nitrogens with one attached hydrogen (secondary N) is 1. The van der Waals surface area contributed by atoms with Crippen LogP contribution in [0, 0.1) is 0 Å². The van der Waals surface area contributed by atoms with Crippen molar-refractivity contribution in [2.75, 3.05) is 0 Å². The number of aliphatic hydroxyl groups is 1. The van der Waals surface area contributed by atoms with Crippen LogP contribution >= 0.6 is 0 Å². The van der Waals surface area contributed by atoms with Gasteiger partial charge < -0.3 is 5.11 Å². The Balaban J connectivity index is 4.39. The van der Waals surface area contributed by atoms with E-state index in [4.69, 9.17) is 4.84 Å². The Hall–Kier alpha value is -0.540. The van der Waals surface area contributed by atoms with Crippen LogP contribution in [-0.4, -0.2) is 16.3 Å². The van der Waals surface area contributed by atoms with Crippen LogP contribution in [0.5, 0.6) is 0 Å². The van der Waals surface area contributed by atoms with Gasteiger partial charge in [0.2, 0.25) is 0 Å². The molecule has 2 N–H and O–H groups in total. The SMILES string of the molecule is CCCC/C=C(\CCC)NOC(C)(C)C(C)(C)O. The van der Waals surface area contributed by atoms with E-state index in [-0.39, 0.29) is 0 Å². The third-order valence-corrected chi connectivity index (χ3v) is 3.38. The molecule has 18 heavy (non-hydrogen) atoms. The summed E-state index contributed by atoms with van der Waals surface area (Å²) in [6.45, 7) is 11.6. The molecule has 108 valence electrons. The summed E-state index contributed by atoms with van der Waals surface area (Å²) in [5.41, 5.74) is 2.62. The van der Waals surface area contributed by atoms with Gasteiger partial charge in [-0.1, -0.05) is 39.2 Å². The molecule has 0 aromatic heterocycles. The molecule has 3 heteroatoms. The van der Waals surface area contributed by atoms with Gasteiger partial charge in [0.05, 0.1) is 5.60 Å². The van der Waals surface area contributed by atoms with Gasteiger partial charge in [-0.25, -0.2) is 0 Å². The highest BCUT2D eigenvalue weighted by atomic mass is 16.7. The quantitative estimate of drug-likeness (QED) is 0.486. The standard InChI is InChI=1S/C15H31NO2/c1-7-9-10-12-13(11-8-2)16-18-15(5,6)14(3,4)17/h12,16-17H,7-11H2,1-6H3/b13-12+. The number of rotatable bonds is 9. The second kappa shape index (κ2) is 7.80. The maximum Gasteiger partial charge on any atom is 0.118 e. The number of hydrogen-bond acceptors (Lipinski definition) is 3. The summed E-state index contributed by atoms with van der Waals surface area (Å²) in [7, 11) is 0. The van der Waals surface area contributed by atoms with Gasteiger partial charge >= 0.3 is 0 Å². The Labute approximate surface area is 113 Å². The van der Waals surface area contributed by atoms with Crippen molar-refractivity contribution < 1.29 is 9.94 Å². The van der Waals surface area contributed by atoms with E-state index < -0.39 is 11.2 Å². The van der Waals surface area contributed by atoms with Crippen molar-refractivity contribution in [2.45, 2.75) is 84.8 Å². The Kier molecular flexibility index (Phi) is 7.56. The molecule has 0 aliphatic heterocycles. The first kappa shape index (κ1) is 17.5. The molecule has 0 unspecified atom stereocenters. The molecule has 0 saturated heterocycles. The van der Waals surface area contributed by atoms with Crippen molar-refractivity contribution in [3.63, 3.8) is 0 Å². The molecule has 0 atom stereocenters. The lowest BCUT2D eigenvalue weighted by Gasteiger charge is -2.36. The lowest BCUT2D eigenvalue weighted by Crippen LogP contribution is -2.49. The van der Waals surface area contributed by atoms with Crippen LogP contribution in [0.3, 0.4) is 0 Å². The number of hydroxylamine groups is 1. The average Bonchev–Trinajstić information content (AvgIpc) is 2.24. The van der Waals surface area contributed by atoms with Crippen LogP contribution in [0.25, 0.3) is 0 Å². The number of hydrogen-bond donors (Lipinski definition) is 2. The summed E-state index contributed by atoms with van der Waals surface area (Å²) >= 11 is 0. The summed E-state index contributed by atoms with van der Waals surface area (Å²) in [5.74, 6) is 0. The summed E-state index contributed by atoms with van der Waals surface area (Å²) in [6.07, 6.45) is 7.73. The fourth-order valence-electron chi connectivity index (χ4n) is 1.26. The van der Waals surface area contributed by atoms with Gasteiger partial charge in [-0.05, 0) is 40.5 Å². The number of allylic oxidation sites excluding steroid dienone is 2. The maximum absolute atomic E-state index is 10.0. The Bertz CT molecular complexity index is 252. The van der Waals surface area contributed by atoms with E-state index in [9.17, 15) is 5.11 Å². The van der Waals surface area contributed by atoms with Gasteiger partial charge in [-0.3, -0.25) is 10.3 Å². The maximum atomic E-state index is 10.0. The van der Waals surface area contributed by atoms with Crippen LogP contribution in [0.15, 0.2) is 11.8 Å². The van der Waals surface area contributed by atoms with E-state index in [2.05, 4.69) is 25.4 Å². The van der Waals surface area contributed by atoms with Crippen LogP contribution < -0.4 is 5.48 Å². The normalized spacial score (nSPS) is 13.8. The first-order valence-corrected chi connectivity index (χ1v) is 7.10. The summed E-state index contributed by atoms with van der Waals surface area (Å²) < 4.78 is 0. The molecule has 0 aliphatic carbocycles. The zero-order valence-corrected chi connectivity index (χ0v) is 13.0. The molecular weight excluding hydrogens is 226 g/mol. The fraction of sp³-hybridized carbons (Fsp3) is 0.867. The van der Waals surface area contributed by atoms with Crippen molar-refractivity contribution >= 4 is 0 Å². The molecule has 0 heterocycles. The average molecular weight is 257 g/mol. The molecule has 0 aromatic carbocycles. The second-order valence-corrected chi connectivity index (χ2v) is 5.90. The smallest absolute Gasteiger partial charge is 0.118 e. The van der Waals surface area contributed by atoms with E-state index in [1.165, 1.54) is 12.8 Å². The minimum absolute atomic E-state index is 0.634. The molecular formula is C15H31NO2. The third kappa shape index (κ3) is 6.41. The van der Waals surface area contributed by atoms with Gasteiger partial charge in [-0.15, -0.1) is 0 Å². The van der Waals surface area contributed by atoms with E-state index in [1.54, 1.807) is 13.8 Å². The lowest BCUT2D eigenvalue weighted by atomic mass is 9.90. The topological polar surface area (TPSA) is 41.5 Å². The predicted molar refractivity (Wildman–Crippen MR) is 77.1 cm³/mol. The largest absolute Gasteiger partial charge is 0.387 e. The summed E-state index contributed by atoms with van der Waals surface area (Å²) in [4.78, 5) is 5.67. The molecule has 0 bridgehead atoms. The monoisotopic (exact) mass is 257 g/mol. The molecule has 0 radical (unpaired) electrons. The van der Waals surface area contributed by atoms with Crippen molar-refractivity contribution in [1.82, 2.24) is 5.48 Å². The van der Waals surface area contributed by atoms with Crippen molar-refractivity contribution in [2.24, 2.45) is 0 Å². The summed E-state index contributed by atoms with van der Waals surface area (Å²) in [5, 5.41) is 10.0. The molecule has 0 saturated carbocycles. The van der Waals surface area contributed by atoms with Crippen molar-refractivity contribution in [1.29, 1.82) is 0 Å². The van der Waals surface area contributed by atoms with Crippen LogP contribution in [-0.2, 0) is 4.84 Å². The van der Waals surface area contributed by atoms with E-state index in [0.29, 0.717) is 0 Å². The Morgan fingerprint density at radius 3 is 2.22 bits per heavy atom. The number of unbranched alkanes of at least 4 members (excludes halogenated alkanes) is 2. The van der Waals surface area contributed by atoms with Crippen LogP contribution in [0.4, 0.5) is 0 Å². The zero-order valence-electron chi connectivity index (χ0n) is 13.0. The van der Waals surface area contributed by atoms with Gasteiger partial charge in [0.15, 0.2) is 0 Å². The molecule has 0 rings (SSSR count). The van der Waals surface area contributed by atoms with Gasteiger partial charge in [-0.2, -0.15) is 0 Å². The van der Waals surface area contributed by atoms with E-state index >= 15 is 0 Å². The van der Waals surface area contributed by atoms with E-state index in [0.717, 1.165) is 25.0 Å². The molecule has 0 spiro atoms. The molecule has 0 aromatic rings. The van der Waals surface area contributed by atoms with Crippen molar-refractivity contribution in [3.8, 4) is 0 Å². The Morgan fingerprint density at radius 2 is 1.78 bits per heavy atom. The zero-order chi connectivity index (χ0) is 14.2. The molecule has 0 amide bonds. The lowest BCUT2D eigenvalue weighted by molar-refractivity contribution is -0.176. The first-order valence-electron chi connectivity index (χ1n) is 7.10. The van der Waals surface area contributed by atoms with Crippen LogP contribution in [0.1, 0.15) is 73.6 Å². The minimum Gasteiger partial charge on any atom is -0.387 e. The summed E-state index contributed by atoms with van der Waals surface area (Å²) in [6, 6.07) is 0. The van der Waals surface area contributed by atoms with Gasteiger partial charge in [0, 0.05) is 5.70 Å². The third-order valence-electron chi connectivity index (χ3n) is 3.38. The molecule has 0 fully saturated rings. The molecule has 0 aliphatic rings. The molecule has 3 nitrogen and oxygen atoms in total. The Morgan fingerprint density at radius 1 is 1.17 bits per heavy atom. The van der Waals surface area contributed by atoms with Gasteiger partial charge in [0.25, 0.3) is 0 Å². The van der Waals surface area contributed by atoms with E-state index in [1.807, 2.05) is 13.8 Å². The van der Waals surface area contributed by atoms with Gasteiger partial charge in [0.1, 0.15) is 5.60 Å².